The molecule has 10 rings (SSSR count). The number of amides is 2. The number of morpholine rings is 2. The molecule has 0 aromatic heterocycles. The normalized spacial score (nSPS) is 19.6. The van der Waals surface area contributed by atoms with Gasteiger partial charge in [0.1, 0.15) is 11.6 Å². The van der Waals surface area contributed by atoms with Gasteiger partial charge in [0.25, 0.3) is 11.8 Å². The zero-order valence-corrected chi connectivity index (χ0v) is 38.6. The van der Waals surface area contributed by atoms with Crippen LogP contribution in [0.2, 0.25) is 0 Å². The van der Waals surface area contributed by atoms with Crippen molar-refractivity contribution >= 4 is 34.6 Å². The molecule has 2 heterocycles. The predicted octanol–water partition coefficient (Wildman–Crippen LogP) is 12.2. The molecule has 2 fully saturated rings. The minimum absolute atomic E-state index is 0.132. The van der Waals surface area contributed by atoms with Crippen LogP contribution in [0.15, 0.2) is 228 Å². The second kappa shape index (κ2) is 21.0. The lowest BCUT2D eigenvalue weighted by molar-refractivity contribution is -0.147. The van der Waals surface area contributed by atoms with Crippen molar-refractivity contribution in [3.8, 4) is 0 Å². The molecular weight excluding hydrogens is 879 g/mol. The molecule has 0 spiro atoms. The van der Waals surface area contributed by atoms with Crippen molar-refractivity contribution in [3.05, 3.63) is 275 Å². The van der Waals surface area contributed by atoms with Crippen LogP contribution in [0, 0.1) is 11.6 Å². The number of nitrogens with one attached hydrogen (secondary N) is 2. The third-order valence-electron chi connectivity index (χ3n) is 12.3. The van der Waals surface area contributed by atoms with E-state index in [1.807, 2.05) is 182 Å². The largest absolute Gasteiger partial charge is 0.361 e. The van der Waals surface area contributed by atoms with Gasteiger partial charge in [0.15, 0.2) is 12.2 Å². The Kier molecular flexibility index (Phi) is 14.1. The van der Waals surface area contributed by atoms with Gasteiger partial charge in [0, 0.05) is 33.4 Å². The van der Waals surface area contributed by atoms with Gasteiger partial charge in [0.2, 0.25) is 0 Å². The van der Waals surface area contributed by atoms with Gasteiger partial charge in [0.05, 0.1) is 47.1 Å². The Morgan fingerprint density at radius 3 is 1.01 bits per heavy atom. The van der Waals surface area contributed by atoms with E-state index in [-0.39, 0.29) is 25.0 Å². The molecule has 0 unspecified atom stereocenters. The molecule has 348 valence electrons. The Morgan fingerprint density at radius 2 is 0.729 bits per heavy atom. The molecule has 0 saturated carbocycles. The minimum Gasteiger partial charge on any atom is -0.361 e. The van der Waals surface area contributed by atoms with E-state index < -0.39 is 34.9 Å². The van der Waals surface area contributed by atoms with Crippen molar-refractivity contribution in [2.24, 2.45) is 9.98 Å². The van der Waals surface area contributed by atoms with E-state index in [1.165, 1.54) is 12.1 Å². The van der Waals surface area contributed by atoms with Gasteiger partial charge in [-0.3, -0.25) is 9.59 Å². The first kappa shape index (κ1) is 46.9. The summed E-state index contributed by atoms with van der Waals surface area (Å²) in [6, 6.07) is 67.5. The summed E-state index contributed by atoms with van der Waals surface area (Å²) in [4.78, 5) is 35.7. The molecule has 70 heavy (non-hydrogen) atoms. The molecule has 0 aliphatic carbocycles. The number of nitrogens with zero attached hydrogens (tertiary/aromatic N) is 2. The van der Waals surface area contributed by atoms with Gasteiger partial charge in [-0.05, 0) is 61.4 Å². The molecule has 2 amide bonds. The van der Waals surface area contributed by atoms with Crippen LogP contribution < -0.4 is 10.6 Å². The first-order valence-corrected chi connectivity index (χ1v) is 23.0. The molecule has 8 aromatic carbocycles. The Balaban J connectivity index is 0.000000174. The van der Waals surface area contributed by atoms with Gasteiger partial charge in [-0.2, -0.15) is 0 Å². The first-order valence-electron chi connectivity index (χ1n) is 23.0. The van der Waals surface area contributed by atoms with Crippen molar-refractivity contribution in [3.63, 3.8) is 0 Å². The number of ether oxygens (including phenoxy) is 2. The lowest BCUT2D eigenvalue weighted by Gasteiger charge is -2.38. The SMILES string of the molecule is C[C@@]1(c2cc(N=C(c3ccccc3)c3ccccc3)ccc2F)CO[C@@H](c2ccccc2)C(=O)N1.C[C@@]1(c2cc(N=C(c3ccccc3)c3ccccc3)ccc2F)CO[C@H](c2ccccc2)C(=O)N1. The monoisotopic (exact) mass is 928 g/mol. The average Bonchev–Trinajstić information content (AvgIpc) is 3.40. The van der Waals surface area contributed by atoms with Gasteiger partial charge < -0.3 is 20.1 Å². The highest BCUT2D eigenvalue weighted by Gasteiger charge is 2.42. The van der Waals surface area contributed by atoms with E-state index in [0.29, 0.717) is 22.5 Å². The molecule has 2 saturated heterocycles. The van der Waals surface area contributed by atoms with Gasteiger partial charge in [-0.15, -0.1) is 0 Å². The summed E-state index contributed by atoms with van der Waals surface area (Å²) in [5, 5.41) is 5.98. The van der Waals surface area contributed by atoms with E-state index in [0.717, 1.165) is 44.8 Å². The van der Waals surface area contributed by atoms with Crippen LogP contribution in [-0.2, 0) is 30.1 Å². The van der Waals surface area contributed by atoms with Crippen molar-refractivity contribution in [1.82, 2.24) is 10.6 Å². The van der Waals surface area contributed by atoms with Crippen LogP contribution in [0.4, 0.5) is 20.2 Å². The third-order valence-corrected chi connectivity index (χ3v) is 12.3. The number of carbonyl (C=O) groups is 2. The summed E-state index contributed by atoms with van der Waals surface area (Å²) in [6.07, 6.45) is -1.45. The van der Waals surface area contributed by atoms with Crippen molar-refractivity contribution in [2.75, 3.05) is 13.2 Å². The number of benzene rings is 8. The number of rotatable bonds is 10. The average molecular weight is 929 g/mol. The quantitative estimate of drug-likeness (QED) is 0.133. The fraction of sp³-hybridized carbons (Fsp3) is 0.133. The van der Waals surface area contributed by atoms with Crippen molar-refractivity contribution < 1.29 is 27.8 Å². The third kappa shape index (κ3) is 10.6. The summed E-state index contributed by atoms with van der Waals surface area (Å²) in [7, 11) is 0. The molecule has 2 N–H and O–H groups in total. The minimum atomic E-state index is -1.03. The highest BCUT2D eigenvalue weighted by atomic mass is 19.1. The van der Waals surface area contributed by atoms with Crippen LogP contribution in [0.5, 0.6) is 0 Å². The van der Waals surface area contributed by atoms with Crippen LogP contribution in [0.3, 0.4) is 0 Å². The molecule has 8 aromatic rings. The Morgan fingerprint density at radius 1 is 0.443 bits per heavy atom. The second-order valence-corrected chi connectivity index (χ2v) is 17.6. The van der Waals surface area contributed by atoms with E-state index in [4.69, 9.17) is 19.5 Å². The maximum Gasteiger partial charge on any atom is 0.254 e. The number of aliphatic imine (C=N–C) groups is 2. The highest BCUT2D eigenvalue weighted by molar-refractivity contribution is 6.14. The Hall–Kier alpha value is -8.18. The standard InChI is InChI=1S/2C30H25FN2O2/c2*1-30(20-35-28(29(34)33-30)23-15-9-4-10-16-23)25-19-24(17-18-26(25)31)32-27(21-11-5-2-6-12-21)22-13-7-3-8-14-22/h2*2-19,28H,20H2,1H3,(H,33,34)/t28-,30+;28-,30-/m10/s1. The summed E-state index contributed by atoms with van der Waals surface area (Å²) < 4.78 is 42.0. The van der Waals surface area contributed by atoms with Gasteiger partial charge in [-0.25, -0.2) is 18.8 Å². The number of halogens is 2. The fourth-order valence-electron chi connectivity index (χ4n) is 8.68. The number of hydrogen-bond donors (Lipinski definition) is 2. The smallest absolute Gasteiger partial charge is 0.254 e. The summed E-state index contributed by atoms with van der Waals surface area (Å²) in [6.45, 7) is 3.81. The van der Waals surface area contributed by atoms with E-state index in [9.17, 15) is 9.59 Å². The summed E-state index contributed by atoms with van der Waals surface area (Å²) in [5.41, 5.74) is 6.69. The molecular formula is C60H50F2N4O4. The van der Waals surface area contributed by atoms with Crippen molar-refractivity contribution in [1.29, 1.82) is 0 Å². The van der Waals surface area contributed by atoms with E-state index >= 15 is 8.78 Å². The maximum atomic E-state index is 15.1. The zero-order valence-electron chi connectivity index (χ0n) is 38.6. The fourth-order valence-corrected chi connectivity index (χ4v) is 8.68. The second-order valence-electron chi connectivity index (χ2n) is 17.6. The summed E-state index contributed by atoms with van der Waals surface area (Å²) in [5.74, 6) is -1.44. The van der Waals surface area contributed by atoms with E-state index in [2.05, 4.69) is 10.6 Å². The number of hydrogen-bond acceptors (Lipinski definition) is 6. The van der Waals surface area contributed by atoms with Gasteiger partial charge in [-0.1, -0.05) is 182 Å². The molecule has 10 heteroatoms. The highest BCUT2D eigenvalue weighted by Crippen LogP contribution is 2.36. The topological polar surface area (TPSA) is 101 Å². The molecule has 0 radical (unpaired) electrons. The molecule has 8 nitrogen and oxygen atoms in total. The van der Waals surface area contributed by atoms with Crippen LogP contribution in [-0.4, -0.2) is 36.5 Å². The van der Waals surface area contributed by atoms with Crippen LogP contribution in [0.25, 0.3) is 0 Å². The maximum absolute atomic E-state index is 15.1. The van der Waals surface area contributed by atoms with Crippen LogP contribution >= 0.6 is 0 Å². The summed E-state index contributed by atoms with van der Waals surface area (Å²) >= 11 is 0. The molecule has 2 aliphatic heterocycles. The van der Waals surface area contributed by atoms with Crippen molar-refractivity contribution in [2.45, 2.75) is 37.1 Å². The van der Waals surface area contributed by atoms with E-state index in [1.54, 1.807) is 38.1 Å². The number of carbonyl (C=O) groups excluding carboxylic acids is 2. The van der Waals surface area contributed by atoms with Gasteiger partial charge >= 0.3 is 0 Å². The zero-order chi connectivity index (χ0) is 48.5. The molecule has 0 bridgehead atoms. The molecule has 2 aliphatic rings. The Labute approximate surface area is 406 Å². The van der Waals surface area contributed by atoms with Crippen LogP contribution in [0.1, 0.15) is 70.6 Å². The molecule has 4 atom stereocenters. The Bertz CT molecular complexity index is 2850. The predicted molar refractivity (Wildman–Crippen MR) is 270 cm³/mol. The lowest BCUT2D eigenvalue weighted by Crippen LogP contribution is -2.54. The lowest BCUT2D eigenvalue weighted by atomic mass is 9.89. The first-order chi connectivity index (χ1) is 34.1.